The molecule has 7 rings (SSSR count). The van der Waals surface area contributed by atoms with Gasteiger partial charge in [-0.15, -0.1) is 0 Å². The van der Waals surface area contributed by atoms with Gasteiger partial charge in [0.25, 0.3) is 0 Å². The number of allylic oxidation sites excluding steroid dienone is 2. The molecule has 4 aliphatic rings. The van der Waals surface area contributed by atoms with E-state index in [-0.39, 0.29) is 66.1 Å². The van der Waals surface area contributed by atoms with Crippen molar-refractivity contribution in [3.63, 3.8) is 0 Å². The van der Waals surface area contributed by atoms with Crippen LogP contribution in [0.5, 0.6) is 23.0 Å². The van der Waals surface area contributed by atoms with Crippen molar-refractivity contribution in [3.8, 4) is 23.0 Å². The van der Waals surface area contributed by atoms with Crippen molar-refractivity contribution in [2.45, 2.75) is 31.6 Å². The van der Waals surface area contributed by atoms with Gasteiger partial charge in [-0.05, 0) is 79.1 Å². The van der Waals surface area contributed by atoms with E-state index in [0.717, 1.165) is 16.7 Å². The van der Waals surface area contributed by atoms with E-state index in [2.05, 4.69) is 15.9 Å². The lowest BCUT2D eigenvalue weighted by molar-refractivity contribution is -0.142. The number of fused-ring (bicyclic) bond motifs is 4. The lowest BCUT2D eigenvalue weighted by atomic mass is 9.57. The van der Waals surface area contributed by atoms with Crippen molar-refractivity contribution < 1.29 is 39.2 Å². The third-order valence-electron chi connectivity index (χ3n) is 10.6. The Morgan fingerprint density at radius 1 is 0.729 bits per heavy atom. The minimum absolute atomic E-state index is 0.123. The van der Waals surface area contributed by atoms with Crippen LogP contribution in [0.1, 0.15) is 35.4 Å². The topological polar surface area (TPSA) is 145 Å². The van der Waals surface area contributed by atoms with Crippen molar-refractivity contribution in [2.75, 3.05) is 20.2 Å². The molecule has 48 heavy (non-hydrogen) atoms. The molecule has 0 unspecified atom stereocenters. The quantitative estimate of drug-likeness (QED) is 0.225. The van der Waals surface area contributed by atoms with Crippen molar-refractivity contribution in [1.82, 2.24) is 9.80 Å². The number of methoxy groups -OCH3 is 1. The van der Waals surface area contributed by atoms with Gasteiger partial charge in [0, 0.05) is 29.0 Å². The number of phenolic OH excluding ortho intramolecular Hbond substituents is 3. The number of likely N-dealkylation sites (tertiary alicyclic amines) is 2. The molecule has 0 aromatic heterocycles. The SMILES string of the molecule is COc1cc(Br)cc([C@H]2C3=CC[C@@H]4C(=O)N(CCc5ccc(O)cc5)C(=O)[C@@H]4[C@@H]3C[C@H]3C(=O)N(CCc4ccc(O)cc4)C(=O)[C@@H]23)c1O. The molecular formula is C37H35BrN2O8. The first-order chi connectivity index (χ1) is 23.1. The predicted octanol–water partition coefficient (Wildman–Crippen LogP) is 4.70. The second-order valence-corrected chi connectivity index (χ2v) is 14.0. The summed E-state index contributed by atoms with van der Waals surface area (Å²) < 4.78 is 6.07. The molecule has 2 aliphatic carbocycles. The van der Waals surface area contributed by atoms with Crippen molar-refractivity contribution in [2.24, 2.45) is 29.6 Å². The molecular weight excluding hydrogens is 680 g/mol. The summed E-state index contributed by atoms with van der Waals surface area (Å²) in [5.41, 5.74) is 2.95. The number of nitrogens with zero attached hydrogens (tertiary/aromatic N) is 2. The van der Waals surface area contributed by atoms with Crippen molar-refractivity contribution in [1.29, 1.82) is 0 Å². The third-order valence-corrected chi connectivity index (χ3v) is 11.0. The van der Waals surface area contributed by atoms with E-state index in [0.29, 0.717) is 29.3 Å². The number of hydrogen-bond acceptors (Lipinski definition) is 8. The number of rotatable bonds is 8. The van der Waals surface area contributed by atoms with Crippen LogP contribution in [0.2, 0.25) is 0 Å². The zero-order chi connectivity index (χ0) is 33.9. The Morgan fingerprint density at radius 2 is 1.27 bits per heavy atom. The maximum atomic E-state index is 14.2. The van der Waals surface area contributed by atoms with Gasteiger partial charge in [0.2, 0.25) is 23.6 Å². The highest BCUT2D eigenvalue weighted by Gasteiger charge is 2.62. The minimum atomic E-state index is -0.806. The zero-order valence-electron chi connectivity index (χ0n) is 26.2. The standard InChI is InChI=1S/C37H35BrN2O8/c1-48-29-17-21(38)16-27(33(29)43)30-24-10-11-25-31(36(46)39(34(25)44)14-12-19-2-6-22(41)7-3-19)26(24)18-28-32(30)37(47)40(35(28)45)15-13-20-4-8-23(42)9-5-20/h2-10,16-17,25-26,28,30-32,41-43H,11-15,18H2,1H3/t25-,26+,28+,30+,31-,32+/m0/s1. The Balaban J connectivity index is 1.23. The molecule has 2 heterocycles. The molecule has 6 atom stereocenters. The lowest BCUT2D eigenvalue weighted by Gasteiger charge is -2.44. The monoisotopic (exact) mass is 714 g/mol. The second kappa shape index (κ2) is 12.4. The first-order valence-corrected chi connectivity index (χ1v) is 16.9. The summed E-state index contributed by atoms with van der Waals surface area (Å²) in [6.45, 7) is 0.340. The Bertz CT molecular complexity index is 1840. The van der Waals surface area contributed by atoms with E-state index < -0.39 is 35.5 Å². The third kappa shape index (κ3) is 5.34. The smallest absolute Gasteiger partial charge is 0.234 e. The van der Waals surface area contributed by atoms with Crippen LogP contribution >= 0.6 is 15.9 Å². The van der Waals surface area contributed by atoms with E-state index in [1.54, 1.807) is 60.7 Å². The van der Waals surface area contributed by atoms with Crippen LogP contribution in [-0.2, 0) is 32.0 Å². The maximum absolute atomic E-state index is 14.2. The highest BCUT2D eigenvalue weighted by molar-refractivity contribution is 9.10. The van der Waals surface area contributed by atoms with Gasteiger partial charge in [-0.25, -0.2) is 0 Å². The molecule has 10 nitrogen and oxygen atoms in total. The Labute approximate surface area is 285 Å². The number of phenols is 3. The molecule has 1 saturated carbocycles. The zero-order valence-corrected chi connectivity index (χ0v) is 27.8. The summed E-state index contributed by atoms with van der Waals surface area (Å²) in [6, 6.07) is 16.6. The van der Waals surface area contributed by atoms with Crippen molar-refractivity contribution in [3.05, 3.63) is 93.5 Å². The number of aromatic hydroxyl groups is 3. The molecule has 0 radical (unpaired) electrons. The Kier molecular flexibility index (Phi) is 8.27. The number of hydrogen-bond donors (Lipinski definition) is 3. The molecule has 2 aliphatic heterocycles. The number of halogens is 1. The van der Waals surface area contributed by atoms with E-state index in [4.69, 9.17) is 4.74 Å². The van der Waals surface area contributed by atoms with Gasteiger partial charge in [-0.1, -0.05) is 51.8 Å². The summed E-state index contributed by atoms with van der Waals surface area (Å²) in [6.07, 6.45) is 3.33. The van der Waals surface area contributed by atoms with Crippen LogP contribution < -0.4 is 4.74 Å². The fourth-order valence-electron chi connectivity index (χ4n) is 8.30. The molecule has 248 valence electrons. The highest BCUT2D eigenvalue weighted by Crippen LogP contribution is 2.59. The summed E-state index contributed by atoms with van der Waals surface area (Å²) in [7, 11) is 1.44. The van der Waals surface area contributed by atoms with Gasteiger partial charge in [0.05, 0.1) is 30.8 Å². The molecule has 11 heteroatoms. The number of ether oxygens (including phenoxy) is 1. The van der Waals surface area contributed by atoms with Gasteiger partial charge >= 0.3 is 0 Å². The largest absolute Gasteiger partial charge is 0.508 e. The van der Waals surface area contributed by atoms with Crippen LogP contribution in [0.3, 0.4) is 0 Å². The average Bonchev–Trinajstić information content (AvgIpc) is 3.47. The van der Waals surface area contributed by atoms with Crippen LogP contribution in [-0.4, -0.2) is 68.9 Å². The molecule has 3 aromatic rings. The van der Waals surface area contributed by atoms with Gasteiger partial charge in [-0.3, -0.25) is 29.0 Å². The van der Waals surface area contributed by atoms with Gasteiger partial charge in [-0.2, -0.15) is 0 Å². The highest BCUT2D eigenvalue weighted by atomic mass is 79.9. The first-order valence-electron chi connectivity index (χ1n) is 16.1. The van der Waals surface area contributed by atoms with Gasteiger partial charge in [0.15, 0.2) is 11.5 Å². The average molecular weight is 716 g/mol. The van der Waals surface area contributed by atoms with E-state index >= 15 is 0 Å². The Hall–Kier alpha value is -4.64. The number of carbonyl (C=O) groups excluding carboxylic acids is 4. The summed E-state index contributed by atoms with van der Waals surface area (Å²) in [4.78, 5) is 58.8. The normalized spacial score (nSPS) is 26.3. The van der Waals surface area contributed by atoms with E-state index in [1.165, 1.54) is 16.9 Å². The van der Waals surface area contributed by atoms with Crippen LogP contribution in [0.4, 0.5) is 0 Å². The summed E-state index contributed by atoms with van der Waals surface area (Å²) >= 11 is 3.51. The number of carbonyl (C=O) groups is 4. The maximum Gasteiger partial charge on any atom is 0.234 e. The summed E-state index contributed by atoms with van der Waals surface area (Å²) in [5.74, 6) is -4.88. The minimum Gasteiger partial charge on any atom is -0.508 e. The second-order valence-electron chi connectivity index (χ2n) is 13.1. The predicted molar refractivity (Wildman–Crippen MR) is 177 cm³/mol. The Morgan fingerprint density at radius 3 is 1.83 bits per heavy atom. The molecule has 2 saturated heterocycles. The molecule has 3 fully saturated rings. The molecule has 3 N–H and O–H groups in total. The fourth-order valence-corrected chi connectivity index (χ4v) is 8.76. The molecule has 3 aromatic carbocycles. The lowest BCUT2D eigenvalue weighted by Crippen LogP contribution is -2.43. The van der Waals surface area contributed by atoms with Crippen LogP contribution in [0, 0.1) is 29.6 Å². The van der Waals surface area contributed by atoms with Crippen LogP contribution in [0.15, 0.2) is 76.8 Å². The van der Waals surface area contributed by atoms with Gasteiger partial charge < -0.3 is 20.1 Å². The summed E-state index contributed by atoms with van der Waals surface area (Å²) in [5, 5.41) is 30.7. The van der Waals surface area contributed by atoms with Crippen molar-refractivity contribution >= 4 is 39.6 Å². The molecule has 0 bridgehead atoms. The number of imide groups is 2. The molecule has 4 amide bonds. The van der Waals surface area contributed by atoms with E-state index in [1.807, 2.05) is 6.08 Å². The van der Waals surface area contributed by atoms with Crippen LogP contribution in [0.25, 0.3) is 0 Å². The molecule has 0 spiro atoms. The van der Waals surface area contributed by atoms with E-state index in [9.17, 15) is 34.5 Å². The fraction of sp³-hybridized carbons (Fsp3) is 0.351. The van der Waals surface area contributed by atoms with Gasteiger partial charge in [0.1, 0.15) is 11.5 Å². The number of amides is 4. The first kappa shape index (κ1) is 31.9. The number of benzene rings is 3.